The highest BCUT2D eigenvalue weighted by Crippen LogP contribution is 2.18. The van der Waals surface area contributed by atoms with Gasteiger partial charge in [0.25, 0.3) is 0 Å². The summed E-state index contributed by atoms with van der Waals surface area (Å²) in [6.07, 6.45) is 1.33. The van der Waals surface area contributed by atoms with Gasteiger partial charge in [-0.1, -0.05) is 0 Å². The molecular weight excluding hydrogens is 211 g/mol. The van der Waals surface area contributed by atoms with Crippen molar-refractivity contribution < 1.29 is 19.6 Å². The van der Waals surface area contributed by atoms with Crippen LogP contribution in [0.15, 0.2) is 0 Å². The van der Waals surface area contributed by atoms with Crippen LogP contribution in [0.5, 0.6) is 0 Å². The Balaban J connectivity index is 2.62. The van der Waals surface area contributed by atoms with Crippen LogP contribution in [0.25, 0.3) is 0 Å². The van der Waals surface area contributed by atoms with E-state index < -0.39 is 19.1 Å². The maximum atomic E-state index is 11.9. The minimum atomic E-state index is -1.52. The topological polar surface area (TPSA) is 89.9 Å². The molecular formula is C9H17BN2O4. The van der Waals surface area contributed by atoms with Crippen LogP contribution in [0.3, 0.4) is 0 Å². The number of rotatable bonds is 3. The largest absolute Gasteiger partial charge is 0.475 e. The number of nitrogens with zero attached hydrogens (tertiary/aromatic N) is 1. The van der Waals surface area contributed by atoms with Crippen molar-refractivity contribution in [2.45, 2.75) is 38.7 Å². The fourth-order valence-electron chi connectivity index (χ4n) is 1.99. The third-order valence-corrected chi connectivity index (χ3v) is 2.72. The summed E-state index contributed by atoms with van der Waals surface area (Å²) in [5, 5.41) is 20.7. The van der Waals surface area contributed by atoms with Gasteiger partial charge in [0.15, 0.2) is 0 Å². The number of nitrogens with one attached hydrogen (secondary N) is 1. The molecule has 6 nitrogen and oxygen atoms in total. The van der Waals surface area contributed by atoms with Crippen LogP contribution in [0.1, 0.15) is 26.7 Å². The number of hydrogen-bond acceptors (Lipinski definition) is 4. The summed E-state index contributed by atoms with van der Waals surface area (Å²) in [6.45, 7) is 3.43. The van der Waals surface area contributed by atoms with Crippen molar-refractivity contribution in [3.05, 3.63) is 0 Å². The highest BCUT2D eigenvalue weighted by Gasteiger charge is 2.38. The van der Waals surface area contributed by atoms with Crippen LogP contribution in [0.2, 0.25) is 0 Å². The minimum Gasteiger partial charge on any atom is -0.426 e. The first-order chi connectivity index (χ1) is 7.43. The molecule has 1 rings (SSSR count). The Kier molecular flexibility index (Phi) is 4.31. The number of amides is 2. The zero-order valence-corrected chi connectivity index (χ0v) is 9.51. The zero-order chi connectivity index (χ0) is 12.3. The maximum Gasteiger partial charge on any atom is 0.475 e. The van der Waals surface area contributed by atoms with Crippen LogP contribution in [-0.4, -0.2) is 52.4 Å². The van der Waals surface area contributed by atoms with Crippen molar-refractivity contribution in [1.82, 2.24) is 10.2 Å². The predicted octanol–water partition coefficient (Wildman–Crippen LogP) is -1.49. The standard InChI is InChI=1S/C9H17BN2O4/c1-6(11-7(2)13)9(14)12-5-3-4-8(12)10(15)16/h6,8,15-16H,3-5H2,1-2H3,(H,11,13). The van der Waals surface area contributed by atoms with Gasteiger partial charge in [0.2, 0.25) is 11.8 Å². The van der Waals surface area contributed by atoms with E-state index in [4.69, 9.17) is 10.0 Å². The molecule has 1 saturated heterocycles. The van der Waals surface area contributed by atoms with Crippen LogP contribution >= 0.6 is 0 Å². The first-order valence-corrected chi connectivity index (χ1v) is 5.37. The van der Waals surface area contributed by atoms with E-state index in [9.17, 15) is 9.59 Å². The molecule has 0 spiro atoms. The summed E-state index contributed by atoms with van der Waals surface area (Å²) in [5.74, 6) is -1.10. The lowest BCUT2D eigenvalue weighted by Crippen LogP contribution is -2.52. The molecule has 0 aromatic heterocycles. The van der Waals surface area contributed by atoms with Crippen molar-refractivity contribution >= 4 is 18.9 Å². The van der Waals surface area contributed by atoms with Gasteiger partial charge in [0, 0.05) is 13.5 Å². The van der Waals surface area contributed by atoms with E-state index in [0.29, 0.717) is 13.0 Å². The molecule has 3 N–H and O–H groups in total. The van der Waals surface area contributed by atoms with Gasteiger partial charge in [-0.15, -0.1) is 0 Å². The monoisotopic (exact) mass is 228 g/mol. The third-order valence-electron chi connectivity index (χ3n) is 2.72. The Morgan fingerprint density at radius 3 is 2.62 bits per heavy atom. The van der Waals surface area contributed by atoms with E-state index in [-0.39, 0.29) is 11.8 Å². The van der Waals surface area contributed by atoms with Gasteiger partial charge in [-0.2, -0.15) is 0 Å². The van der Waals surface area contributed by atoms with Gasteiger partial charge in [-0.25, -0.2) is 0 Å². The molecule has 0 saturated carbocycles. The number of carbonyl (C=O) groups excluding carboxylic acids is 2. The Hall–Kier alpha value is -1.08. The molecule has 1 aliphatic heterocycles. The number of carbonyl (C=O) groups is 2. The van der Waals surface area contributed by atoms with Gasteiger partial charge >= 0.3 is 7.12 Å². The van der Waals surface area contributed by atoms with Crippen molar-refractivity contribution in [3.63, 3.8) is 0 Å². The summed E-state index contributed by atoms with van der Waals surface area (Å²) in [6, 6.07) is -0.628. The Morgan fingerprint density at radius 2 is 2.12 bits per heavy atom. The van der Waals surface area contributed by atoms with E-state index in [1.165, 1.54) is 11.8 Å². The molecule has 0 aromatic carbocycles. The van der Waals surface area contributed by atoms with Crippen molar-refractivity contribution in [3.8, 4) is 0 Å². The molecule has 2 amide bonds. The quantitative estimate of drug-likeness (QED) is 0.513. The summed E-state index contributed by atoms with van der Waals surface area (Å²) in [5.41, 5.74) is 0. The van der Waals surface area contributed by atoms with Gasteiger partial charge < -0.3 is 20.3 Å². The summed E-state index contributed by atoms with van der Waals surface area (Å²) in [7, 11) is -1.52. The van der Waals surface area contributed by atoms with Crippen molar-refractivity contribution in [1.29, 1.82) is 0 Å². The third kappa shape index (κ3) is 2.96. The van der Waals surface area contributed by atoms with E-state index >= 15 is 0 Å². The Morgan fingerprint density at radius 1 is 1.50 bits per heavy atom. The Labute approximate surface area is 94.8 Å². The lowest BCUT2D eigenvalue weighted by atomic mass is 9.78. The molecule has 16 heavy (non-hydrogen) atoms. The lowest BCUT2D eigenvalue weighted by molar-refractivity contribution is -0.135. The second-order valence-corrected chi connectivity index (χ2v) is 4.08. The molecule has 0 radical (unpaired) electrons. The van der Waals surface area contributed by atoms with Crippen molar-refractivity contribution in [2.75, 3.05) is 6.54 Å². The highest BCUT2D eigenvalue weighted by atomic mass is 16.4. The van der Waals surface area contributed by atoms with Gasteiger partial charge in [0.05, 0.1) is 5.94 Å². The molecule has 0 aromatic rings. The molecule has 0 aliphatic carbocycles. The van der Waals surface area contributed by atoms with Gasteiger partial charge in [-0.05, 0) is 19.8 Å². The van der Waals surface area contributed by atoms with Crippen LogP contribution in [-0.2, 0) is 9.59 Å². The minimum absolute atomic E-state index is 0.272. The van der Waals surface area contributed by atoms with Gasteiger partial charge in [-0.3, -0.25) is 9.59 Å². The van der Waals surface area contributed by atoms with Crippen LogP contribution in [0, 0.1) is 0 Å². The number of likely N-dealkylation sites (tertiary alicyclic amines) is 1. The highest BCUT2D eigenvalue weighted by molar-refractivity contribution is 6.43. The normalized spacial score (nSPS) is 21.8. The van der Waals surface area contributed by atoms with E-state index in [1.54, 1.807) is 6.92 Å². The van der Waals surface area contributed by atoms with Gasteiger partial charge in [0.1, 0.15) is 6.04 Å². The van der Waals surface area contributed by atoms with E-state index in [0.717, 1.165) is 6.42 Å². The fourth-order valence-corrected chi connectivity index (χ4v) is 1.99. The van der Waals surface area contributed by atoms with Crippen LogP contribution < -0.4 is 5.32 Å². The average Bonchev–Trinajstić information content (AvgIpc) is 2.63. The summed E-state index contributed by atoms with van der Waals surface area (Å²) in [4.78, 5) is 24.1. The molecule has 7 heteroatoms. The Bertz CT molecular complexity index is 285. The molecule has 1 heterocycles. The molecule has 1 aliphatic rings. The SMILES string of the molecule is CC(=O)NC(C)C(=O)N1CCCC1B(O)O. The molecule has 2 unspecified atom stereocenters. The molecule has 90 valence electrons. The van der Waals surface area contributed by atoms with Crippen LogP contribution in [0.4, 0.5) is 0 Å². The maximum absolute atomic E-state index is 11.9. The fraction of sp³-hybridized carbons (Fsp3) is 0.778. The first kappa shape index (κ1) is 13.0. The molecule has 2 atom stereocenters. The van der Waals surface area contributed by atoms with Crippen molar-refractivity contribution in [2.24, 2.45) is 0 Å². The second kappa shape index (κ2) is 5.31. The average molecular weight is 228 g/mol. The summed E-state index contributed by atoms with van der Waals surface area (Å²) >= 11 is 0. The van der Waals surface area contributed by atoms with E-state index in [2.05, 4.69) is 5.32 Å². The zero-order valence-electron chi connectivity index (χ0n) is 9.51. The summed E-state index contributed by atoms with van der Waals surface area (Å²) < 4.78 is 0. The van der Waals surface area contributed by atoms with E-state index in [1.807, 2.05) is 0 Å². The lowest BCUT2D eigenvalue weighted by Gasteiger charge is -2.27. The second-order valence-electron chi connectivity index (χ2n) is 4.08. The molecule has 1 fully saturated rings. The number of hydrogen-bond donors (Lipinski definition) is 3. The molecule has 0 bridgehead atoms. The smallest absolute Gasteiger partial charge is 0.426 e. The predicted molar refractivity (Wildman–Crippen MR) is 58.2 cm³/mol. The first-order valence-electron chi connectivity index (χ1n) is 5.37.